The van der Waals surface area contributed by atoms with Crippen molar-refractivity contribution in [3.05, 3.63) is 77.6 Å². The molecule has 3 heterocycles. The third kappa shape index (κ3) is 4.47. The quantitative estimate of drug-likeness (QED) is 0.418. The van der Waals surface area contributed by atoms with Crippen LogP contribution in [0.2, 0.25) is 0 Å². The first kappa shape index (κ1) is 22.3. The first-order valence-electron chi connectivity index (χ1n) is 11.1. The number of fused-ring (bicyclic) bond motifs is 1. The second kappa shape index (κ2) is 9.40. The third-order valence-electron chi connectivity index (χ3n) is 6.20. The molecule has 2 N–H and O–H groups in total. The molecule has 0 spiro atoms. The zero-order chi connectivity index (χ0) is 23.7. The molecule has 1 aliphatic heterocycles. The molecule has 0 aliphatic carbocycles. The SMILES string of the molecule is COc1ccc(-c2cnc(-c3cc(Nc4cccc5c4CCN(S(C)=O)C5)ccc3C)[nH]2)cn1. The topological polar surface area (TPSA) is 83.1 Å². The molecule has 0 bridgehead atoms. The number of aromatic amines is 1. The van der Waals surface area contributed by atoms with Crippen molar-refractivity contribution in [3.8, 4) is 28.5 Å². The Hall–Kier alpha value is -3.49. The second-order valence-electron chi connectivity index (χ2n) is 8.37. The van der Waals surface area contributed by atoms with Gasteiger partial charge >= 0.3 is 0 Å². The maximum atomic E-state index is 11.9. The van der Waals surface area contributed by atoms with Gasteiger partial charge in [0.15, 0.2) is 0 Å². The van der Waals surface area contributed by atoms with Crippen LogP contribution in [-0.4, -0.2) is 43.4 Å². The van der Waals surface area contributed by atoms with Crippen molar-refractivity contribution in [2.75, 3.05) is 25.2 Å². The molecule has 0 saturated heterocycles. The van der Waals surface area contributed by atoms with Gasteiger partial charge in [-0.3, -0.25) is 0 Å². The molecule has 8 heteroatoms. The minimum atomic E-state index is -0.952. The Bertz CT molecular complexity index is 1350. The number of benzene rings is 2. The number of hydrogen-bond acceptors (Lipinski definition) is 5. The van der Waals surface area contributed by atoms with E-state index in [1.165, 1.54) is 11.1 Å². The number of pyridine rings is 1. The van der Waals surface area contributed by atoms with Gasteiger partial charge < -0.3 is 15.0 Å². The van der Waals surface area contributed by atoms with E-state index in [2.05, 4.69) is 63.6 Å². The average Bonchev–Trinajstić information content (AvgIpc) is 3.35. The maximum absolute atomic E-state index is 11.9. The molecule has 34 heavy (non-hydrogen) atoms. The number of anilines is 2. The molecule has 2 aromatic carbocycles. The number of aryl methyl sites for hydroxylation is 1. The summed E-state index contributed by atoms with van der Waals surface area (Å²) in [6, 6.07) is 16.4. The van der Waals surface area contributed by atoms with E-state index in [4.69, 9.17) is 4.74 Å². The van der Waals surface area contributed by atoms with Crippen LogP contribution in [0, 0.1) is 6.92 Å². The van der Waals surface area contributed by atoms with Gasteiger partial charge in [0.05, 0.1) is 30.0 Å². The summed E-state index contributed by atoms with van der Waals surface area (Å²) in [5, 5.41) is 3.60. The van der Waals surface area contributed by atoms with E-state index in [9.17, 15) is 4.21 Å². The van der Waals surface area contributed by atoms with Crippen LogP contribution in [0.25, 0.3) is 22.6 Å². The molecule has 0 fully saturated rings. The summed E-state index contributed by atoms with van der Waals surface area (Å²) in [5.41, 5.74) is 8.63. The summed E-state index contributed by atoms with van der Waals surface area (Å²) >= 11 is 0. The van der Waals surface area contributed by atoms with Crippen LogP contribution >= 0.6 is 0 Å². The molecule has 2 aromatic heterocycles. The average molecular weight is 474 g/mol. The van der Waals surface area contributed by atoms with Crippen LogP contribution in [0.5, 0.6) is 5.88 Å². The van der Waals surface area contributed by atoms with Crippen molar-refractivity contribution in [3.63, 3.8) is 0 Å². The molecule has 0 amide bonds. The van der Waals surface area contributed by atoms with E-state index < -0.39 is 11.0 Å². The highest BCUT2D eigenvalue weighted by molar-refractivity contribution is 7.81. The highest BCUT2D eigenvalue weighted by Gasteiger charge is 2.21. The van der Waals surface area contributed by atoms with Crippen LogP contribution in [0.15, 0.2) is 60.9 Å². The highest BCUT2D eigenvalue weighted by Crippen LogP contribution is 2.32. The largest absolute Gasteiger partial charge is 0.481 e. The van der Waals surface area contributed by atoms with Gasteiger partial charge in [-0.1, -0.05) is 18.2 Å². The summed E-state index contributed by atoms with van der Waals surface area (Å²) in [6.07, 6.45) is 6.21. The standard InChI is InChI=1S/C26H27N5O2S/c1-17-7-9-20(29-23-6-4-5-19-16-31(34(3)32)12-11-21(19)23)13-22(17)26-28-15-24(30-26)18-8-10-25(33-2)27-14-18/h4-10,13-15,29H,11-12,16H2,1-3H3,(H,28,30). The molecular formula is C26H27N5O2S. The minimum Gasteiger partial charge on any atom is -0.481 e. The summed E-state index contributed by atoms with van der Waals surface area (Å²) in [6.45, 7) is 3.59. The van der Waals surface area contributed by atoms with Crippen LogP contribution in [-0.2, 0) is 24.0 Å². The lowest BCUT2D eigenvalue weighted by Gasteiger charge is -2.28. The molecular weight excluding hydrogens is 446 g/mol. The Morgan fingerprint density at radius 2 is 2.00 bits per heavy atom. The van der Waals surface area contributed by atoms with E-state index in [1.807, 2.05) is 22.6 Å². The van der Waals surface area contributed by atoms with Gasteiger partial charge in [-0.15, -0.1) is 0 Å². The number of methoxy groups -OCH3 is 1. The molecule has 0 saturated carbocycles. The summed E-state index contributed by atoms with van der Waals surface area (Å²) in [5.74, 6) is 1.39. The Balaban J connectivity index is 1.41. The number of hydrogen-bond donors (Lipinski definition) is 2. The van der Waals surface area contributed by atoms with E-state index in [1.54, 1.807) is 19.6 Å². The van der Waals surface area contributed by atoms with Crippen molar-refractivity contribution in [2.45, 2.75) is 19.9 Å². The van der Waals surface area contributed by atoms with Gasteiger partial charge in [0.2, 0.25) is 5.88 Å². The Labute approximate surface area is 201 Å². The van der Waals surface area contributed by atoms with E-state index >= 15 is 0 Å². The van der Waals surface area contributed by atoms with Crippen molar-refractivity contribution >= 4 is 22.4 Å². The predicted octanol–water partition coefficient (Wildman–Crippen LogP) is 4.85. The highest BCUT2D eigenvalue weighted by atomic mass is 32.2. The summed E-state index contributed by atoms with van der Waals surface area (Å²) < 4.78 is 19.1. The number of H-pyrrole nitrogens is 1. The monoisotopic (exact) mass is 473 g/mol. The van der Waals surface area contributed by atoms with Gasteiger partial charge in [0.25, 0.3) is 0 Å². The van der Waals surface area contributed by atoms with Gasteiger partial charge in [0.1, 0.15) is 5.82 Å². The molecule has 174 valence electrons. The smallest absolute Gasteiger partial charge is 0.212 e. The molecule has 5 rings (SSSR count). The Morgan fingerprint density at radius 1 is 1.12 bits per heavy atom. The third-order valence-corrected chi connectivity index (χ3v) is 7.24. The zero-order valence-electron chi connectivity index (χ0n) is 19.5. The molecule has 1 atom stereocenters. The van der Waals surface area contributed by atoms with Crippen LogP contribution in [0.4, 0.5) is 11.4 Å². The first-order chi connectivity index (χ1) is 16.5. The second-order valence-corrected chi connectivity index (χ2v) is 9.73. The number of imidazole rings is 1. The fourth-order valence-corrected chi connectivity index (χ4v) is 4.96. The Kier molecular flexibility index (Phi) is 6.17. The first-order valence-corrected chi connectivity index (χ1v) is 12.7. The van der Waals surface area contributed by atoms with Gasteiger partial charge in [-0.05, 0) is 54.3 Å². The predicted molar refractivity (Wildman–Crippen MR) is 136 cm³/mol. The van der Waals surface area contributed by atoms with Crippen molar-refractivity contribution < 1.29 is 8.95 Å². The lowest BCUT2D eigenvalue weighted by Crippen LogP contribution is -2.31. The van der Waals surface area contributed by atoms with E-state index in [0.29, 0.717) is 12.4 Å². The lowest BCUT2D eigenvalue weighted by molar-refractivity contribution is 0.398. The van der Waals surface area contributed by atoms with E-state index in [0.717, 1.165) is 52.5 Å². The van der Waals surface area contributed by atoms with Crippen molar-refractivity contribution in [1.82, 2.24) is 19.3 Å². The fraction of sp³-hybridized carbons (Fsp3) is 0.231. The molecule has 7 nitrogen and oxygen atoms in total. The van der Waals surface area contributed by atoms with Gasteiger partial charge in [0, 0.05) is 54.1 Å². The maximum Gasteiger partial charge on any atom is 0.212 e. The van der Waals surface area contributed by atoms with Crippen LogP contribution < -0.4 is 10.1 Å². The van der Waals surface area contributed by atoms with Crippen molar-refractivity contribution in [1.29, 1.82) is 0 Å². The van der Waals surface area contributed by atoms with Gasteiger partial charge in [-0.2, -0.15) is 0 Å². The zero-order valence-corrected chi connectivity index (χ0v) is 20.3. The summed E-state index contributed by atoms with van der Waals surface area (Å²) in [7, 11) is 0.652. The number of rotatable bonds is 6. The van der Waals surface area contributed by atoms with Gasteiger partial charge in [-0.25, -0.2) is 18.5 Å². The Morgan fingerprint density at radius 3 is 2.76 bits per heavy atom. The molecule has 1 aliphatic rings. The van der Waals surface area contributed by atoms with Crippen molar-refractivity contribution in [2.24, 2.45) is 0 Å². The van der Waals surface area contributed by atoms with E-state index in [-0.39, 0.29) is 0 Å². The van der Waals surface area contributed by atoms with Crippen LogP contribution in [0.3, 0.4) is 0 Å². The molecule has 4 aromatic rings. The summed E-state index contributed by atoms with van der Waals surface area (Å²) in [4.78, 5) is 12.3. The fourth-order valence-electron chi connectivity index (χ4n) is 4.30. The van der Waals surface area contributed by atoms with Crippen LogP contribution in [0.1, 0.15) is 16.7 Å². The number of aromatic nitrogens is 3. The molecule has 1 unspecified atom stereocenters. The number of ether oxygens (including phenoxy) is 1. The number of nitrogens with one attached hydrogen (secondary N) is 2. The minimum absolute atomic E-state index is 0.580. The normalized spacial score (nSPS) is 14.4. The lowest BCUT2D eigenvalue weighted by atomic mass is 9.98. The molecule has 0 radical (unpaired) electrons. The number of nitrogens with zero attached hydrogens (tertiary/aromatic N) is 3.